The number of ether oxygens (including phenoxy) is 2. The molecule has 136 valence electrons. The van der Waals surface area contributed by atoms with Gasteiger partial charge in [-0.2, -0.15) is 5.10 Å². The Morgan fingerprint density at radius 3 is 2.46 bits per heavy atom. The summed E-state index contributed by atoms with van der Waals surface area (Å²) >= 11 is 0. The van der Waals surface area contributed by atoms with Crippen molar-refractivity contribution in [2.75, 3.05) is 7.11 Å². The monoisotopic (exact) mass is 353 g/mol. The van der Waals surface area contributed by atoms with Crippen molar-refractivity contribution in [1.29, 1.82) is 0 Å². The molecule has 3 rings (SSSR count). The van der Waals surface area contributed by atoms with Crippen molar-refractivity contribution in [3.8, 4) is 11.4 Å². The summed E-state index contributed by atoms with van der Waals surface area (Å²) in [5.41, 5.74) is 2.14. The number of benzene rings is 2. The third kappa shape index (κ3) is 3.96. The standard InChI is InChI=1S/C20H23N3O3/c1-20(2,3)26-19(24)21-13-17-16-7-5-6-8-18(16)23(22-17)14-9-11-15(25-4)12-10-14/h5-12H,13H2,1-4H3,(H,21,24). The molecule has 0 saturated heterocycles. The number of hydrogen-bond acceptors (Lipinski definition) is 4. The van der Waals surface area contributed by atoms with E-state index in [0.717, 1.165) is 28.0 Å². The van der Waals surface area contributed by atoms with Crippen LogP contribution < -0.4 is 10.1 Å². The highest BCUT2D eigenvalue weighted by Gasteiger charge is 2.17. The summed E-state index contributed by atoms with van der Waals surface area (Å²) in [6.45, 7) is 5.79. The van der Waals surface area contributed by atoms with Crippen LogP contribution in [-0.4, -0.2) is 28.6 Å². The second-order valence-corrected chi connectivity index (χ2v) is 6.93. The maximum Gasteiger partial charge on any atom is 0.407 e. The van der Waals surface area contributed by atoms with Crippen molar-refractivity contribution in [2.45, 2.75) is 32.9 Å². The van der Waals surface area contributed by atoms with Gasteiger partial charge in [0.2, 0.25) is 0 Å². The molecule has 0 aliphatic heterocycles. The van der Waals surface area contributed by atoms with E-state index in [1.165, 1.54) is 0 Å². The third-order valence-corrected chi connectivity index (χ3v) is 3.78. The minimum Gasteiger partial charge on any atom is -0.497 e. The van der Waals surface area contributed by atoms with Gasteiger partial charge in [-0.1, -0.05) is 18.2 Å². The van der Waals surface area contributed by atoms with Gasteiger partial charge in [0.25, 0.3) is 0 Å². The van der Waals surface area contributed by atoms with Crippen LogP contribution >= 0.6 is 0 Å². The smallest absolute Gasteiger partial charge is 0.407 e. The van der Waals surface area contributed by atoms with Crippen LogP contribution in [0.4, 0.5) is 4.79 Å². The molecule has 1 amide bonds. The summed E-state index contributed by atoms with van der Waals surface area (Å²) in [6, 6.07) is 15.6. The number of rotatable bonds is 4. The predicted molar refractivity (Wildman–Crippen MR) is 101 cm³/mol. The molecule has 0 saturated carbocycles. The second-order valence-electron chi connectivity index (χ2n) is 6.93. The average molecular weight is 353 g/mol. The van der Waals surface area contributed by atoms with Gasteiger partial charge in [-0.15, -0.1) is 0 Å². The lowest BCUT2D eigenvalue weighted by Crippen LogP contribution is -2.32. The molecule has 0 unspecified atom stereocenters. The maximum atomic E-state index is 11.9. The Hall–Kier alpha value is -3.02. The van der Waals surface area contributed by atoms with E-state index in [-0.39, 0.29) is 0 Å². The summed E-state index contributed by atoms with van der Waals surface area (Å²) in [5, 5.41) is 8.45. The number of alkyl carbamates (subject to hydrolysis) is 1. The van der Waals surface area contributed by atoms with Crippen LogP contribution in [0.25, 0.3) is 16.6 Å². The Kier molecular flexibility index (Phi) is 4.84. The number of carbonyl (C=O) groups excluding carboxylic acids is 1. The number of nitrogens with zero attached hydrogens (tertiary/aromatic N) is 2. The van der Waals surface area contributed by atoms with E-state index in [0.29, 0.717) is 6.54 Å². The van der Waals surface area contributed by atoms with Crippen LogP contribution in [0.2, 0.25) is 0 Å². The molecule has 0 aliphatic carbocycles. The van der Waals surface area contributed by atoms with Gasteiger partial charge in [0, 0.05) is 5.39 Å². The van der Waals surface area contributed by atoms with Crippen LogP contribution in [0.15, 0.2) is 48.5 Å². The van der Waals surface area contributed by atoms with E-state index < -0.39 is 11.7 Å². The number of fused-ring (bicyclic) bond motifs is 1. The predicted octanol–water partition coefficient (Wildman–Crippen LogP) is 4.06. The van der Waals surface area contributed by atoms with E-state index in [1.807, 2.05) is 74.0 Å². The fourth-order valence-electron chi connectivity index (χ4n) is 2.65. The van der Waals surface area contributed by atoms with Gasteiger partial charge < -0.3 is 14.8 Å². The van der Waals surface area contributed by atoms with Crippen molar-refractivity contribution < 1.29 is 14.3 Å². The highest BCUT2D eigenvalue weighted by molar-refractivity contribution is 5.84. The summed E-state index contributed by atoms with van der Waals surface area (Å²) in [7, 11) is 1.64. The molecule has 26 heavy (non-hydrogen) atoms. The maximum absolute atomic E-state index is 11.9. The highest BCUT2D eigenvalue weighted by atomic mass is 16.6. The summed E-state index contributed by atoms with van der Waals surface area (Å²) < 4.78 is 12.4. The largest absolute Gasteiger partial charge is 0.497 e. The van der Waals surface area contributed by atoms with Gasteiger partial charge in [0.1, 0.15) is 11.4 Å². The normalized spacial score (nSPS) is 11.4. The molecule has 3 aromatic rings. The number of amides is 1. The zero-order chi connectivity index (χ0) is 18.7. The minimum absolute atomic E-state index is 0.290. The molecule has 0 fully saturated rings. The van der Waals surface area contributed by atoms with E-state index in [9.17, 15) is 4.79 Å². The van der Waals surface area contributed by atoms with Crippen LogP contribution in [0.1, 0.15) is 26.5 Å². The van der Waals surface area contributed by atoms with Crippen molar-refractivity contribution in [1.82, 2.24) is 15.1 Å². The first-order chi connectivity index (χ1) is 12.4. The molecule has 0 bridgehead atoms. The quantitative estimate of drug-likeness (QED) is 0.768. The van der Waals surface area contributed by atoms with Crippen LogP contribution in [0.3, 0.4) is 0 Å². The minimum atomic E-state index is -0.533. The van der Waals surface area contributed by atoms with E-state index in [4.69, 9.17) is 9.47 Å². The molecule has 1 aromatic heterocycles. The number of methoxy groups -OCH3 is 1. The zero-order valence-corrected chi connectivity index (χ0v) is 15.4. The summed E-state index contributed by atoms with van der Waals surface area (Å²) in [5.74, 6) is 0.789. The van der Waals surface area contributed by atoms with Gasteiger partial charge in [-0.05, 0) is 51.1 Å². The van der Waals surface area contributed by atoms with Crippen molar-refractivity contribution in [3.63, 3.8) is 0 Å². The SMILES string of the molecule is COc1ccc(-n2nc(CNC(=O)OC(C)(C)C)c3ccccc32)cc1. The number of nitrogens with one attached hydrogen (secondary N) is 1. The van der Waals surface area contributed by atoms with Crippen molar-refractivity contribution in [2.24, 2.45) is 0 Å². The van der Waals surface area contributed by atoms with Crippen LogP contribution in [0, 0.1) is 0 Å². The molecule has 6 heteroatoms. The fourth-order valence-corrected chi connectivity index (χ4v) is 2.65. The molecular formula is C20H23N3O3. The Bertz CT molecular complexity index is 908. The molecule has 6 nitrogen and oxygen atoms in total. The Balaban J connectivity index is 1.88. The molecule has 0 radical (unpaired) electrons. The van der Waals surface area contributed by atoms with Gasteiger partial charge in [-0.3, -0.25) is 0 Å². The molecule has 1 N–H and O–H groups in total. The van der Waals surface area contributed by atoms with Crippen LogP contribution in [0.5, 0.6) is 5.75 Å². The Labute approximate surface area is 152 Å². The average Bonchev–Trinajstić information content (AvgIpc) is 2.97. The number of aromatic nitrogens is 2. The van der Waals surface area contributed by atoms with Gasteiger partial charge in [0.15, 0.2) is 0 Å². The van der Waals surface area contributed by atoms with E-state index in [2.05, 4.69) is 10.4 Å². The van der Waals surface area contributed by atoms with E-state index in [1.54, 1.807) is 7.11 Å². The zero-order valence-electron chi connectivity index (χ0n) is 15.4. The molecule has 1 heterocycles. The number of hydrogen-bond donors (Lipinski definition) is 1. The molecule has 2 aromatic carbocycles. The van der Waals surface area contributed by atoms with Gasteiger partial charge in [-0.25, -0.2) is 9.48 Å². The third-order valence-electron chi connectivity index (χ3n) is 3.78. The lowest BCUT2D eigenvalue weighted by molar-refractivity contribution is 0.0523. The first kappa shape index (κ1) is 17.8. The molecule has 0 atom stereocenters. The first-order valence-corrected chi connectivity index (χ1v) is 8.45. The molecular weight excluding hydrogens is 330 g/mol. The molecule has 0 aliphatic rings. The lowest BCUT2D eigenvalue weighted by Gasteiger charge is -2.19. The Morgan fingerprint density at radius 1 is 1.12 bits per heavy atom. The Morgan fingerprint density at radius 2 is 1.81 bits per heavy atom. The summed E-state index contributed by atoms with van der Waals surface area (Å²) in [6.07, 6.45) is -0.458. The van der Waals surface area contributed by atoms with Crippen molar-refractivity contribution >= 4 is 17.0 Å². The lowest BCUT2D eigenvalue weighted by atomic mass is 10.2. The fraction of sp³-hybridized carbons (Fsp3) is 0.300. The second kappa shape index (κ2) is 7.07. The number of para-hydroxylation sites is 1. The highest BCUT2D eigenvalue weighted by Crippen LogP contribution is 2.23. The van der Waals surface area contributed by atoms with Gasteiger partial charge in [0.05, 0.1) is 30.6 Å². The first-order valence-electron chi connectivity index (χ1n) is 8.45. The topological polar surface area (TPSA) is 65.4 Å². The van der Waals surface area contributed by atoms with Gasteiger partial charge >= 0.3 is 6.09 Å². The number of carbonyl (C=O) groups is 1. The summed E-state index contributed by atoms with van der Waals surface area (Å²) in [4.78, 5) is 11.9. The van der Waals surface area contributed by atoms with E-state index >= 15 is 0 Å². The molecule has 0 spiro atoms. The van der Waals surface area contributed by atoms with Crippen LogP contribution in [-0.2, 0) is 11.3 Å². The van der Waals surface area contributed by atoms with Crippen molar-refractivity contribution in [3.05, 3.63) is 54.2 Å².